The molecule has 0 aliphatic heterocycles. The molecule has 1 aromatic carbocycles. The molecule has 2 nitrogen and oxygen atoms in total. The first-order valence-electron chi connectivity index (χ1n) is 2.90. The number of nitrogens with one attached hydrogen (secondary N) is 1. The summed E-state index contributed by atoms with van der Waals surface area (Å²) >= 11 is 0. The summed E-state index contributed by atoms with van der Waals surface area (Å²) < 4.78 is 12.4. The SMILES string of the molecule is Cc1cc(F)ccc1NO. The third kappa shape index (κ3) is 1.25. The molecule has 0 spiro atoms. The number of benzene rings is 1. The summed E-state index contributed by atoms with van der Waals surface area (Å²) in [5, 5.41) is 8.44. The first-order chi connectivity index (χ1) is 4.74. The van der Waals surface area contributed by atoms with Crippen molar-refractivity contribution in [1.82, 2.24) is 0 Å². The Kier molecular flexibility index (Phi) is 1.87. The van der Waals surface area contributed by atoms with Gasteiger partial charge in [-0.05, 0) is 30.7 Å². The van der Waals surface area contributed by atoms with Gasteiger partial charge in [0, 0.05) is 0 Å². The van der Waals surface area contributed by atoms with Gasteiger partial charge in [0.25, 0.3) is 0 Å². The van der Waals surface area contributed by atoms with Crippen LogP contribution in [0.5, 0.6) is 0 Å². The molecule has 0 bridgehead atoms. The minimum atomic E-state index is -0.295. The van der Waals surface area contributed by atoms with Crippen LogP contribution < -0.4 is 5.48 Å². The summed E-state index contributed by atoms with van der Waals surface area (Å²) in [5.41, 5.74) is 3.17. The normalized spacial score (nSPS) is 9.50. The van der Waals surface area contributed by atoms with Crippen molar-refractivity contribution in [3.63, 3.8) is 0 Å². The molecular weight excluding hydrogens is 133 g/mol. The maximum atomic E-state index is 12.4. The minimum absolute atomic E-state index is 0.295. The van der Waals surface area contributed by atoms with Gasteiger partial charge in [0.05, 0.1) is 5.69 Å². The summed E-state index contributed by atoms with van der Waals surface area (Å²) in [6.45, 7) is 1.71. The van der Waals surface area contributed by atoms with E-state index in [1.165, 1.54) is 18.2 Å². The summed E-state index contributed by atoms with van der Waals surface area (Å²) in [5.74, 6) is -0.295. The van der Waals surface area contributed by atoms with Crippen LogP contribution in [0.4, 0.5) is 10.1 Å². The fraction of sp³-hybridized carbons (Fsp3) is 0.143. The molecule has 0 atom stereocenters. The lowest BCUT2D eigenvalue weighted by molar-refractivity contribution is 0.388. The standard InChI is InChI=1S/C7H8FNO/c1-5-4-6(8)2-3-7(5)9-10/h2-4,9-10H,1H3. The largest absolute Gasteiger partial charge is 0.291 e. The summed E-state index contributed by atoms with van der Waals surface area (Å²) in [6.07, 6.45) is 0. The number of halogens is 1. The second kappa shape index (κ2) is 2.66. The van der Waals surface area contributed by atoms with Gasteiger partial charge in [-0.25, -0.2) is 4.39 Å². The molecule has 0 radical (unpaired) electrons. The van der Waals surface area contributed by atoms with E-state index in [2.05, 4.69) is 0 Å². The van der Waals surface area contributed by atoms with Crippen molar-refractivity contribution in [2.45, 2.75) is 6.92 Å². The zero-order valence-corrected chi connectivity index (χ0v) is 5.56. The molecule has 0 aliphatic carbocycles. The molecule has 0 saturated carbocycles. The fourth-order valence-corrected chi connectivity index (χ4v) is 0.753. The first-order valence-corrected chi connectivity index (χ1v) is 2.90. The molecule has 10 heavy (non-hydrogen) atoms. The molecule has 0 saturated heterocycles. The van der Waals surface area contributed by atoms with Crippen LogP contribution in [-0.2, 0) is 0 Å². The predicted octanol–water partition coefficient (Wildman–Crippen LogP) is 1.94. The lowest BCUT2D eigenvalue weighted by atomic mass is 10.2. The molecule has 1 rings (SSSR count). The topological polar surface area (TPSA) is 32.3 Å². The van der Waals surface area contributed by atoms with E-state index in [1.54, 1.807) is 6.92 Å². The Bertz CT molecular complexity index is 237. The Labute approximate surface area is 58.3 Å². The molecule has 54 valence electrons. The number of hydrogen-bond acceptors (Lipinski definition) is 2. The first kappa shape index (κ1) is 7.02. The fourth-order valence-electron chi connectivity index (χ4n) is 0.753. The van der Waals surface area contributed by atoms with Gasteiger partial charge < -0.3 is 0 Å². The van der Waals surface area contributed by atoms with E-state index in [-0.39, 0.29) is 5.82 Å². The highest BCUT2D eigenvalue weighted by molar-refractivity contribution is 5.48. The average molecular weight is 141 g/mol. The highest BCUT2D eigenvalue weighted by atomic mass is 19.1. The molecule has 0 amide bonds. The van der Waals surface area contributed by atoms with Gasteiger partial charge in [-0.15, -0.1) is 0 Å². The Hall–Kier alpha value is -1.09. The van der Waals surface area contributed by atoms with Gasteiger partial charge in [0.1, 0.15) is 5.82 Å². The number of rotatable bonds is 1. The third-order valence-electron chi connectivity index (χ3n) is 1.31. The Morgan fingerprint density at radius 2 is 2.20 bits per heavy atom. The van der Waals surface area contributed by atoms with E-state index < -0.39 is 0 Å². The van der Waals surface area contributed by atoms with Gasteiger partial charge in [-0.3, -0.25) is 10.7 Å². The van der Waals surface area contributed by atoms with Gasteiger partial charge in [0.2, 0.25) is 0 Å². The second-order valence-corrected chi connectivity index (χ2v) is 2.07. The van der Waals surface area contributed by atoms with Gasteiger partial charge in [-0.1, -0.05) is 0 Å². The van der Waals surface area contributed by atoms with Crippen molar-refractivity contribution in [3.05, 3.63) is 29.6 Å². The van der Waals surface area contributed by atoms with Gasteiger partial charge >= 0.3 is 0 Å². The highest BCUT2D eigenvalue weighted by Crippen LogP contribution is 2.13. The maximum Gasteiger partial charge on any atom is 0.123 e. The molecule has 1 aromatic rings. The quantitative estimate of drug-likeness (QED) is 0.586. The second-order valence-electron chi connectivity index (χ2n) is 2.07. The Morgan fingerprint density at radius 1 is 1.50 bits per heavy atom. The Morgan fingerprint density at radius 3 is 2.70 bits per heavy atom. The van der Waals surface area contributed by atoms with E-state index in [4.69, 9.17) is 5.21 Å². The van der Waals surface area contributed by atoms with E-state index in [0.29, 0.717) is 11.3 Å². The molecule has 0 aromatic heterocycles. The minimum Gasteiger partial charge on any atom is -0.291 e. The maximum absolute atomic E-state index is 12.4. The molecule has 2 N–H and O–H groups in total. The van der Waals surface area contributed by atoms with Crippen LogP contribution in [0, 0.1) is 12.7 Å². The van der Waals surface area contributed by atoms with Crippen molar-refractivity contribution in [3.8, 4) is 0 Å². The van der Waals surface area contributed by atoms with Crippen molar-refractivity contribution in [2.75, 3.05) is 5.48 Å². The van der Waals surface area contributed by atoms with Crippen LogP contribution in [0.15, 0.2) is 18.2 Å². The van der Waals surface area contributed by atoms with E-state index in [0.717, 1.165) is 0 Å². The third-order valence-corrected chi connectivity index (χ3v) is 1.31. The van der Waals surface area contributed by atoms with E-state index >= 15 is 0 Å². The molecular formula is C7H8FNO. The molecule has 3 heteroatoms. The lowest BCUT2D eigenvalue weighted by Crippen LogP contribution is -1.92. The van der Waals surface area contributed by atoms with Gasteiger partial charge in [-0.2, -0.15) is 0 Å². The van der Waals surface area contributed by atoms with Gasteiger partial charge in [0.15, 0.2) is 0 Å². The number of anilines is 1. The van der Waals surface area contributed by atoms with Crippen molar-refractivity contribution < 1.29 is 9.60 Å². The smallest absolute Gasteiger partial charge is 0.123 e. The molecule has 0 heterocycles. The van der Waals surface area contributed by atoms with Crippen LogP contribution >= 0.6 is 0 Å². The highest BCUT2D eigenvalue weighted by Gasteiger charge is 1.96. The van der Waals surface area contributed by atoms with E-state index in [9.17, 15) is 4.39 Å². The zero-order valence-electron chi connectivity index (χ0n) is 5.56. The summed E-state index contributed by atoms with van der Waals surface area (Å²) in [7, 11) is 0. The summed E-state index contributed by atoms with van der Waals surface area (Å²) in [4.78, 5) is 0. The molecule has 0 aliphatic rings. The van der Waals surface area contributed by atoms with Crippen LogP contribution in [0.1, 0.15) is 5.56 Å². The van der Waals surface area contributed by atoms with E-state index in [1.807, 2.05) is 5.48 Å². The zero-order chi connectivity index (χ0) is 7.56. The predicted molar refractivity (Wildman–Crippen MR) is 36.5 cm³/mol. The van der Waals surface area contributed by atoms with Crippen LogP contribution in [0.3, 0.4) is 0 Å². The molecule has 0 unspecified atom stereocenters. The monoisotopic (exact) mass is 141 g/mol. The average Bonchev–Trinajstić information content (AvgIpc) is 1.88. The number of hydrogen-bond donors (Lipinski definition) is 2. The van der Waals surface area contributed by atoms with Crippen molar-refractivity contribution in [1.29, 1.82) is 0 Å². The van der Waals surface area contributed by atoms with Crippen molar-refractivity contribution in [2.24, 2.45) is 0 Å². The number of aryl methyl sites for hydroxylation is 1. The molecule has 0 fully saturated rings. The van der Waals surface area contributed by atoms with Crippen LogP contribution in [-0.4, -0.2) is 5.21 Å². The van der Waals surface area contributed by atoms with Crippen LogP contribution in [0.2, 0.25) is 0 Å². The lowest BCUT2D eigenvalue weighted by Gasteiger charge is -2.01. The van der Waals surface area contributed by atoms with Crippen LogP contribution in [0.25, 0.3) is 0 Å². The summed E-state index contributed by atoms with van der Waals surface area (Å²) in [6, 6.07) is 4.11. The Balaban J connectivity index is 3.07. The van der Waals surface area contributed by atoms with Crippen molar-refractivity contribution >= 4 is 5.69 Å².